The van der Waals surface area contributed by atoms with Crippen molar-refractivity contribution in [2.24, 2.45) is 4.99 Å². The second kappa shape index (κ2) is 4.43. The molecule has 4 heteroatoms. The molecule has 2 nitrogen and oxygen atoms in total. The fraction of sp³-hybridized carbons (Fsp3) is 0.462. The molecule has 0 radical (unpaired) electrons. The SMILES string of the molecule is CCCC1=N[C@](C)(c2c(F)cccc2F)CO1. The van der Waals surface area contributed by atoms with Crippen LogP contribution in [0.5, 0.6) is 0 Å². The van der Waals surface area contributed by atoms with Gasteiger partial charge in [-0.15, -0.1) is 0 Å². The second-order valence-electron chi connectivity index (χ2n) is 4.41. The molecule has 0 aliphatic carbocycles. The van der Waals surface area contributed by atoms with E-state index in [0.717, 1.165) is 6.42 Å². The van der Waals surface area contributed by atoms with Gasteiger partial charge in [0.1, 0.15) is 23.8 Å². The quantitative estimate of drug-likeness (QED) is 0.792. The maximum absolute atomic E-state index is 13.7. The molecule has 1 aromatic carbocycles. The van der Waals surface area contributed by atoms with Crippen molar-refractivity contribution in [1.29, 1.82) is 0 Å². The summed E-state index contributed by atoms with van der Waals surface area (Å²) in [5, 5.41) is 0. The van der Waals surface area contributed by atoms with Crippen molar-refractivity contribution < 1.29 is 13.5 Å². The summed E-state index contributed by atoms with van der Waals surface area (Å²) < 4.78 is 32.8. The fourth-order valence-corrected chi connectivity index (χ4v) is 2.05. The van der Waals surface area contributed by atoms with Gasteiger partial charge in [0.15, 0.2) is 5.90 Å². The average molecular weight is 239 g/mol. The normalized spacial score (nSPS) is 23.4. The lowest BCUT2D eigenvalue weighted by Gasteiger charge is -2.20. The number of aliphatic imine (C=N–C) groups is 1. The fourth-order valence-electron chi connectivity index (χ4n) is 2.05. The highest BCUT2D eigenvalue weighted by Crippen LogP contribution is 2.34. The third-order valence-corrected chi connectivity index (χ3v) is 2.86. The molecule has 0 unspecified atom stereocenters. The largest absolute Gasteiger partial charge is 0.478 e. The first-order valence-corrected chi connectivity index (χ1v) is 5.73. The summed E-state index contributed by atoms with van der Waals surface area (Å²) in [5.74, 6) is -0.562. The smallest absolute Gasteiger partial charge is 0.184 e. The van der Waals surface area contributed by atoms with Crippen LogP contribution in [0.3, 0.4) is 0 Å². The molecule has 0 aromatic heterocycles. The topological polar surface area (TPSA) is 21.6 Å². The molecule has 92 valence electrons. The summed E-state index contributed by atoms with van der Waals surface area (Å²) in [5.41, 5.74) is -0.953. The van der Waals surface area contributed by atoms with Gasteiger partial charge < -0.3 is 4.74 Å². The molecule has 1 aromatic rings. The van der Waals surface area contributed by atoms with Crippen LogP contribution in [0.2, 0.25) is 0 Å². The molecule has 1 heterocycles. The van der Waals surface area contributed by atoms with Gasteiger partial charge >= 0.3 is 0 Å². The number of halogens is 2. The Kier molecular flexibility index (Phi) is 3.13. The van der Waals surface area contributed by atoms with E-state index in [1.54, 1.807) is 6.92 Å². The lowest BCUT2D eigenvalue weighted by molar-refractivity contribution is 0.255. The van der Waals surface area contributed by atoms with Crippen molar-refractivity contribution >= 4 is 5.90 Å². The number of hydrogen-bond donors (Lipinski definition) is 0. The van der Waals surface area contributed by atoms with Crippen LogP contribution in [-0.4, -0.2) is 12.5 Å². The molecular formula is C13H15F2NO. The molecular weight excluding hydrogens is 224 g/mol. The monoisotopic (exact) mass is 239 g/mol. The van der Waals surface area contributed by atoms with Crippen LogP contribution in [-0.2, 0) is 10.3 Å². The van der Waals surface area contributed by atoms with Crippen molar-refractivity contribution in [3.63, 3.8) is 0 Å². The van der Waals surface area contributed by atoms with Crippen LogP contribution in [0.25, 0.3) is 0 Å². The highest BCUT2D eigenvalue weighted by molar-refractivity contribution is 5.78. The van der Waals surface area contributed by atoms with Gasteiger partial charge in [0.05, 0.1) is 5.56 Å². The zero-order chi connectivity index (χ0) is 12.5. The predicted octanol–water partition coefficient (Wildman–Crippen LogP) is 3.41. The van der Waals surface area contributed by atoms with Gasteiger partial charge in [-0.05, 0) is 25.5 Å². The molecule has 0 saturated heterocycles. The van der Waals surface area contributed by atoms with Gasteiger partial charge in [0.25, 0.3) is 0 Å². The van der Waals surface area contributed by atoms with E-state index in [0.29, 0.717) is 12.3 Å². The van der Waals surface area contributed by atoms with Gasteiger partial charge in [0.2, 0.25) is 0 Å². The molecule has 0 N–H and O–H groups in total. The lowest BCUT2D eigenvalue weighted by Crippen LogP contribution is -2.24. The summed E-state index contributed by atoms with van der Waals surface area (Å²) in [6.07, 6.45) is 1.60. The highest BCUT2D eigenvalue weighted by Gasteiger charge is 2.37. The van der Waals surface area contributed by atoms with Crippen molar-refractivity contribution in [3.05, 3.63) is 35.4 Å². The minimum absolute atomic E-state index is 0.00824. The van der Waals surface area contributed by atoms with Gasteiger partial charge in [-0.3, -0.25) is 0 Å². The molecule has 1 aliphatic rings. The Morgan fingerprint density at radius 2 is 2.00 bits per heavy atom. The third-order valence-electron chi connectivity index (χ3n) is 2.86. The van der Waals surface area contributed by atoms with Crippen LogP contribution in [0.4, 0.5) is 8.78 Å². The van der Waals surface area contributed by atoms with Gasteiger partial charge in [-0.2, -0.15) is 0 Å². The first-order valence-electron chi connectivity index (χ1n) is 5.73. The molecule has 0 spiro atoms. The zero-order valence-electron chi connectivity index (χ0n) is 9.96. The maximum Gasteiger partial charge on any atom is 0.184 e. The van der Waals surface area contributed by atoms with E-state index in [9.17, 15) is 8.78 Å². The molecule has 0 saturated carbocycles. The highest BCUT2D eigenvalue weighted by atomic mass is 19.1. The van der Waals surface area contributed by atoms with E-state index in [4.69, 9.17) is 4.74 Å². The van der Waals surface area contributed by atoms with E-state index in [-0.39, 0.29) is 12.2 Å². The van der Waals surface area contributed by atoms with Gasteiger partial charge in [-0.25, -0.2) is 13.8 Å². The maximum atomic E-state index is 13.7. The predicted molar refractivity (Wildman–Crippen MR) is 62.0 cm³/mol. The second-order valence-corrected chi connectivity index (χ2v) is 4.41. The standard InChI is InChI=1S/C13H15F2NO/c1-3-5-11-16-13(2,8-17-11)12-9(14)6-4-7-10(12)15/h4,6-7H,3,5,8H2,1-2H3/t13-/m0/s1. The minimum atomic E-state index is -0.945. The van der Waals surface area contributed by atoms with E-state index in [1.165, 1.54) is 18.2 Å². The molecule has 0 amide bonds. The van der Waals surface area contributed by atoms with Crippen molar-refractivity contribution in [1.82, 2.24) is 0 Å². The zero-order valence-corrected chi connectivity index (χ0v) is 9.96. The van der Waals surface area contributed by atoms with Gasteiger partial charge in [-0.1, -0.05) is 13.0 Å². The molecule has 0 fully saturated rings. The van der Waals surface area contributed by atoms with Crippen LogP contribution in [0.1, 0.15) is 32.3 Å². The number of nitrogens with zero attached hydrogens (tertiary/aromatic N) is 1. The Hall–Kier alpha value is -1.45. The average Bonchev–Trinajstić information content (AvgIpc) is 2.61. The number of rotatable bonds is 3. The number of hydrogen-bond acceptors (Lipinski definition) is 2. The van der Waals surface area contributed by atoms with Crippen LogP contribution >= 0.6 is 0 Å². The molecule has 0 bridgehead atoms. The van der Waals surface area contributed by atoms with Crippen molar-refractivity contribution in [2.75, 3.05) is 6.61 Å². The summed E-state index contributed by atoms with van der Waals surface area (Å²) >= 11 is 0. The van der Waals surface area contributed by atoms with E-state index in [2.05, 4.69) is 4.99 Å². The molecule has 2 rings (SSSR count). The van der Waals surface area contributed by atoms with Crippen molar-refractivity contribution in [2.45, 2.75) is 32.2 Å². The summed E-state index contributed by atoms with van der Waals surface area (Å²) in [6.45, 7) is 3.89. The Balaban J connectivity index is 2.40. The van der Waals surface area contributed by atoms with Crippen molar-refractivity contribution in [3.8, 4) is 0 Å². The summed E-state index contributed by atoms with van der Waals surface area (Å²) in [4.78, 5) is 4.32. The summed E-state index contributed by atoms with van der Waals surface area (Å²) in [6, 6.07) is 3.85. The van der Waals surface area contributed by atoms with Crippen LogP contribution < -0.4 is 0 Å². The minimum Gasteiger partial charge on any atom is -0.478 e. The third kappa shape index (κ3) is 2.16. The van der Waals surface area contributed by atoms with Crippen LogP contribution in [0, 0.1) is 11.6 Å². The Morgan fingerprint density at radius 3 is 2.59 bits per heavy atom. The molecule has 1 atom stereocenters. The van der Waals surface area contributed by atoms with Gasteiger partial charge in [0, 0.05) is 6.42 Å². The van der Waals surface area contributed by atoms with Crippen LogP contribution in [0.15, 0.2) is 23.2 Å². The summed E-state index contributed by atoms with van der Waals surface area (Å²) in [7, 11) is 0. The molecule has 17 heavy (non-hydrogen) atoms. The first-order chi connectivity index (χ1) is 8.07. The lowest BCUT2D eigenvalue weighted by atomic mass is 9.93. The molecule has 1 aliphatic heterocycles. The van der Waals surface area contributed by atoms with E-state index >= 15 is 0 Å². The Morgan fingerprint density at radius 1 is 1.35 bits per heavy atom. The van der Waals surface area contributed by atoms with E-state index in [1.807, 2.05) is 6.92 Å². The van der Waals surface area contributed by atoms with E-state index < -0.39 is 17.2 Å². The Bertz CT molecular complexity index is 438. The number of ether oxygens (including phenoxy) is 1. The Labute approximate surface area is 99.3 Å². The first kappa shape index (κ1) is 12.0. The number of benzene rings is 1.